The van der Waals surface area contributed by atoms with E-state index < -0.39 is 0 Å². The fourth-order valence-electron chi connectivity index (χ4n) is 3.72. The highest BCUT2D eigenvalue weighted by Crippen LogP contribution is 2.35. The number of ether oxygens (including phenoxy) is 1. The number of rotatable bonds is 5. The Balaban J connectivity index is 1.63. The van der Waals surface area contributed by atoms with Crippen molar-refractivity contribution in [2.24, 2.45) is 11.8 Å². The van der Waals surface area contributed by atoms with Gasteiger partial charge in [0.2, 0.25) is 0 Å². The maximum Gasteiger partial charge on any atom is 0.317 e. The van der Waals surface area contributed by atoms with Gasteiger partial charge in [0.15, 0.2) is 0 Å². The third-order valence-corrected chi connectivity index (χ3v) is 5.06. The lowest BCUT2D eigenvalue weighted by Crippen LogP contribution is -2.43. The van der Waals surface area contributed by atoms with E-state index >= 15 is 0 Å². The number of carbonyl (C=O) groups is 1. The van der Waals surface area contributed by atoms with Crippen LogP contribution < -0.4 is 5.32 Å². The van der Waals surface area contributed by atoms with E-state index in [1.165, 1.54) is 25.7 Å². The van der Waals surface area contributed by atoms with Crippen molar-refractivity contribution in [1.82, 2.24) is 15.2 Å². The Morgan fingerprint density at radius 3 is 2.87 bits per heavy atom. The van der Waals surface area contributed by atoms with E-state index in [1.54, 1.807) is 4.90 Å². The molecule has 0 radical (unpaired) electrons. The lowest BCUT2D eigenvalue weighted by atomic mass is 9.95. The summed E-state index contributed by atoms with van der Waals surface area (Å²) in [6.07, 6.45) is 7.69. The van der Waals surface area contributed by atoms with Crippen LogP contribution in [-0.2, 0) is 4.74 Å². The van der Waals surface area contributed by atoms with Crippen molar-refractivity contribution in [2.45, 2.75) is 38.1 Å². The molecule has 0 spiro atoms. The van der Waals surface area contributed by atoms with E-state index in [2.05, 4.69) is 10.3 Å². The number of nitrogens with zero attached hydrogens (tertiary/aromatic N) is 2. The molecule has 1 aliphatic carbocycles. The van der Waals surface area contributed by atoms with Gasteiger partial charge in [-0.3, -0.25) is 4.98 Å². The van der Waals surface area contributed by atoms with Crippen LogP contribution in [0.25, 0.3) is 0 Å². The minimum Gasteiger partial charge on any atom is -0.381 e. The Labute approximate surface area is 138 Å². The second-order valence-corrected chi connectivity index (χ2v) is 6.84. The predicted octanol–water partition coefficient (Wildman–Crippen LogP) is 2.99. The first-order valence-corrected chi connectivity index (χ1v) is 8.74. The van der Waals surface area contributed by atoms with Crippen LogP contribution in [0.15, 0.2) is 24.4 Å². The van der Waals surface area contributed by atoms with Crippen LogP contribution in [0.3, 0.4) is 0 Å². The van der Waals surface area contributed by atoms with Crippen LogP contribution >= 0.6 is 0 Å². The standard InChI is InChI=1S/C18H27N3O2/c1-21(12-14-9-11-23-13-14)18(22)20-17(15-6-2-3-7-15)16-8-4-5-10-19-16/h4-5,8,10,14-15,17H,2-3,6-7,9,11-13H2,1H3,(H,20,22). The van der Waals surface area contributed by atoms with Gasteiger partial charge < -0.3 is 15.0 Å². The Bertz CT molecular complexity index is 496. The maximum atomic E-state index is 12.6. The zero-order valence-electron chi connectivity index (χ0n) is 13.9. The summed E-state index contributed by atoms with van der Waals surface area (Å²) in [6, 6.07) is 5.96. The zero-order valence-corrected chi connectivity index (χ0v) is 13.9. The van der Waals surface area contributed by atoms with Gasteiger partial charge in [0.1, 0.15) is 0 Å². The van der Waals surface area contributed by atoms with Gasteiger partial charge in [-0.15, -0.1) is 0 Å². The third kappa shape index (κ3) is 4.22. The molecular formula is C18H27N3O2. The second kappa shape index (κ2) is 7.77. The van der Waals surface area contributed by atoms with E-state index in [-0.39, 0.29) is 12.1 Å². The summed E-state index contributed by atoms with van der Waals surface area (Å²) in [7, 11) is 1.87. The van der Waals surface area contributed by atoms with E-state index in [0.29, 0.717) is 11.8 Å². The molecule has 2 aliphatic rings. The fourth-order valence-corrected chi connectivity index (χ4v) is 3.72. The molecule has 2 heterocycles. The van der Waals surface area contributed by atoms with Gasteiger partial charge in [0.25, 0.3) is 0 Å². The summed E-state index contributed by atoms with van der Waals surface area (Å²) >= 11 is 0. The van der Waals surface area contributed by atoms with Gasteiger partial charge in [-0.1, -0.05) is 18.9 Å². The molecule has 1 saturated carbocycles. The summed E-state index contributed by atoms with van der Waals surface area (Å²) in [5, 5.41) is 3.23. The molecular weight excluding hydrogens is 290 g/mol. The largest absolute Gasteiger partial charge is 0.381 e. The quantitative estimate of drug-likeness (QED) is 0.908. The average molecular weight is 317 g/mol. The van der Waals surface area contributed by atoms with Crippen molar-refractivity contribution >= 4 is 6.03 Å². The minimum atomic E-state index is -0.000506. The molecule has 23 heavy (non-hydrogen) atoms. The van der Waals surface area contributed by atoms with Crippen molar-refractivity contribution in [3.63, 3.8) is 0 Å². The fraction of sp³-hybridized carbons (Fsp3) is 0.667. The highest BCUT2D eigenvalue weighted by molar-refractivity contribution is 5.74. The predicted molar refractivity (Wildman–Crippen MR) is 89.0 cm³/mol. The molecule has 1 saturated heterocycles. The van der Waals surface area contributed by atoms with Crippen LogP contribution in [0.1, 0.15) is 43.8 Å². The first kappa shape index (κ1) is 16.2. The molecule has 126 valence electrons. The second-order valence-electron chi connectivity index (χ2n) is 6.84. The molecule has 2 unspecified atom stereocenters. The third-order valence-electron chi connectivity index (χ3n) is 5.06. The van der Waals surface area contributed by atoms with Gasteiger partial charge in [-0.05, 0) is 37.3 Å². The van der Waals surface area contributed by atoms with E-state index in [4.69, 9.17) is 4.74 Å². The van der Waals surface area contributed by atoms with Crippen LogP contribution in [-0.4, -0.2) is 42.7 Å². The molecule has 0 bridgehead atoms. The Hall–Kier alpha value is -1.62. The van der Waals surface area contributed by atoms with Crippen LogP contribution in [0.4, 0.5) is 4.79 Å². The Kier molecular flexibility index (Phi) is 5.49. The molecule has 2 fully saturated rings. The van der Waals surface area contributed by atoms with Gasteiger partial charge in [0, 0.05) is 32.3 Å². The zero-order chi connectivity index (χ0) is 16.1. The minimum absolute atomic E-state index is 0.000506. The molecule has 1 aromatic rings. The molecule has 5 nitrogen and oxygen atoms in total. The Morgan fingerprint density at radius 2 is 2.22 bits per heavy atom. The van der Waals surface area contributed by atoms with Crippen molar-refractivity contribution in [3.8, 4) is 0 Å². The average Bonchev–Trinajstić information content (AvgIpc) is 3.26. The highest BCUT2D eigenvalue weighted by atomic mass is 16.5. The first-order valence-electron chi connectivity index (χ1n) is 8.74. The number of carbonyl (C=O) groups excluding carboxylic acids is 1. The van der Waals surface area contributed by atoms with Crippen molar-refractivity contribution in [1.29, 1.82) is 0 Å². The monoisotopic (exact) mass is 317 g/mol. The van der Waals surface area contributed by atoms with Gasteiger partial charge in [-0.2, -0.15) is 0 Å². The molecule has 3 rings (SSSR count). The number of aromatic nitrogens is 1. The van der Waals surface area contributed by atoms with E-state index in [0.717, 1.165) is 31.9 Å². The molecule has 5 heteroatoms. The number of urea groups is 1. The van der Waals surface area contributed by atoms with Crippen molar-refractivity contribution < 1.29 is 9.53 Å². The lowest BCUT2D eigenvalue weighted by Gasteiger charge is -2.28. The highest BCUT2D eigenvalue weighted by Gasteiger charge is 2.30. The molecule has 0 aromatic carbocycles. The molecule has 2 amide bonds. The molecule has 2 atom stereocenters. The van der Waals surface area contributed by atoms with Gasteiger partial charge in [0.05, 0.1) is 18.3 Å². The summed E-state index contributed by atoms with van der Waals surface area (Å²) in [5.74, 6) is 0.961. The first-order chi connectivity index (χ1) is 11.2. The topological polar surface area (TPSA) is 54.5 Å². The van der Waals surface area contributed by atoms with Gasteiger partial charge >= 0.3 is 6.03 Å². The summed E-state index contributed by atoms with van der Waals surface area (Å²) < 4.78 is 5.40. The van der Waals surface area contributed by atoms with E-state index in [1.807, 2.05) is 31.4 Å². The maximum absolute atomic E-state index is 12.6. The van der Waals surface area contributed by atoms with Crippen molar-refractivity contribution in [3.05, 3.63) is 30.1 Å². The Morgan fingerprint density at radius 1 is 1.39 bits per heavy atom. The summed E-state index contributed by atoms with van der Waals surface area (Å²) in [6.45, 7) is 2.34. The number of pyridine rings is 1. The summed E-state index contributed by atoms with van der Waals surface area (Å²) in [4.78, 5) is 18.9. The van der Waals surface area contributed by atoms with E-state index in [9.17, 15) is 4.79 Å². The van der Waals surface area contributed by atoms with Gasteiger partial charge in [-0.25, -0.2) is 4.79 Å². The number of hydrogen-bond acceptors (Lipinski definition) is 3. The molecule has 1 N–H and O–H groups in total. The molecule has 1 aliphatic heterocycles. The number of amides is 2. The number of nitrogens with one attached hydrogen (secondary N) is 1. The smallest absolute Gasteiger partial charge is 0.317 e. The van der Waals surface area contributed by atoms with Crippen LogP contribution in [0.5, 0.6) is 0 Å². The van der Waals surface area contributed by atoms with Crippen LogP contribution in [0, 0.1) is 11.8 Å². The van der Waals surface area contributed by atoms with Crippen molar-refractivity contribution in [2.75, 3.05) is 26.8 Å². The molecule has 1 aromatic heterocycles. The normalized spacial score (nSPS) is 22.9. The summed E-state index contributed by atoms with van der Waals surface area (Å²) in [5.41, 5.74) is 0.977. The SMILES string of the molecule is CN(CC1CCOC1)C(=O)NC(c1ccccn1)C1CCCC1. The van der Waals surface area contributed by atoms with Crippen LogP contribution in [0.2, 0.25) is 0 Å². The number of hydrogen-bond donors (Lipinski definition) is 1. The lowest BCUT2D eigenvalue weighted by molar-refractivity contribution is 0.168.